The van der Waals surface area contributed by atoms with E-state index in [0.717, 1.165) is 0 Å². The highest BCUT2D eigenvalue weighted by atomic mass is 35.5. The summed E-state index contributed by atoms with van der Waals surface area (Å²) < 4.78 is 5.22. The molecule has 9 heteroatoms. The molecular formula is C20H28Cl2N2O5. The Labute approximate surface area is 181 Å². The van der Waals surface area contributed by atoms with Crippen molar-refractivity contribution in [2.45, 2.75) is 45.3 Å². The zero-order valence-corrected chi connectivity index (χ0v) is 18.4. The third-order valence-corrected chi connectivity index (χ3v) is 4.19. The summed E-state index contributed by atoms with van der Waals surface area (Å²) in [4.78, 5) is 37.9. The van der Waals surface area contributed by atoms with Crippen LogP contribution in [0.2, 0.25) is 0 Å². The first-order chi connectivity index (χ1) is 13.6. The number of halogens is 2. The van der Waals surface area contributed by atoms with Crippen LogP contribution in [0.4, 0.5) is 4.79 Å². The van der Waals surface area contributed by atoms with Crippen molar-refractivity contribution in [3.63, 3.8) is 0 Å². The first-order valence-corrected chi connectivity index (χ1v) is 10.3. The summed E-state index contributed by atoms with van der Waals surface area (Å²) in [6, 6.07) is 6.14. The fourth-order valence-electron chi connectivity index (χ4n) is 2.72. The number of carbonyl (C=O) groups is 3. The molecule has 162 valence electrons. The smallest absolute Gasteiger partial charge is 0.407 e. The molecule has 2 N–H and O–H groups in total. The molecule has 0 aliphatic carbocycles. The van der Waals surface area contributed by atoms with Gasteiger partial charge in [-0.1, -0.05) is 18.2 Å². The van der Waals surface area contributed by atoms with Crippen LogP contribution in [0.15, 0.2) is 24.3 Å². The van der Waals surface area contributed by atoms with Crippen molar-refractivity contribution in [3.8, 4) is 0 Å². The minimum absolute atomic E-state index is 0.156. The summed E-state index contributed by atoms with van der Waals surface area (Å²) in [5.74, 6) is -0.770. The zero-order chi connectivity index (χ0) is 22.0. The largest absolute Gasteiger partial charge is 0.481 e. The number of amides is 2. The summed E-state index contributed by atoms with van der Waals surface area (Å²) >= 11 is 11.6. The van der Waals surface area contributed by atoms with Crippen molar-refractivity contribution in [1.82, 2.24) is 10.2 Å². The molecule has 0 unspecified atom stereocenters. The molecule has 2 amide bonds. The van der Waals surface area contributed by atoms with Crippen LogP contribution >= 0.6 is 23.2 Å². The van der Waals surface area contributed by atoms with Crippen LogP contribution in [-0.4, -0.2) is 64.5 Å². The summed E-state index contributed by atoms with van der Waals surface area (Å²) in [5, 5.41) is 11.8. The van der Waals surface area contributed by atoms with Gasteiger partial charge in [0.15, 0.2) is 0 Å². The first kappa shape index (κ1) is 25.0. The van der Waals surface area contributed by atoms with Gasteiger partial charge in [-0.2, -0.15) is 0 Å². The van der Waals surface area contributed by atoms with Crippen LogP contribution < -0.4 is 5.32 Å². The van der Waals surface area contributed by atoms with E-state index in [1.165, 1.54) is 0 Å². The van der Waals surface area contributed by atoms with Crippen molar-refractivity contribution in [2.75, 3.05) is 24.8 Å². The molecule has 0 bridgehead atoms. The predicted octanol–water partition coefficient (Wildman–Crippen LogP) is 3.52. The number of hydrogen-bond donors (Lipinski definition) is 2. The molecule has 29 heavy (non-hydrogen) atoms. The number of ether oxygens (including phenoxy) is 1. The number of aliphatic carboxylic acids is 1. The number of carboxylic acid groups (broad SMARTS) is 1. The van der Waals surface area contributed by atoms with Crippen molar-refractivity contribution in [1.29, 1.82) is 0 Å². The normalized spacial score (nSPS) is 12.2. The van der Waals surface area contributed by atoms with E-state index in [4.69, 9.17) is 27.9 Å². The van der Waals surface area contributed by atoms with E-state index in [1.807, 2.05) is 0 Å². The highest BCUT2D eigenvalue weighted by Gasteiger charge is 2.24. The van der Waals surface area contributed by atoms with E-state index in [1.54, 1.807) is 49.9 Å². The molecule has 0 saturated carbocycles. The molecule has 0 spiro atoms. The van der Waals surface area contributed by atoms with Crippen molar-refractivity contribution in [3.05, 3.63) is 35.4 Å². The highest BCUT2D eigenvalue weighted by molar-refractivity contribution is 6.18. The van der Waals surface area contributed by atoms with Crippen LogP contribution in [0, 0.1) is 0 Å². The lowest BCUT2D eigenvalue weighted by atomic mass is 9.97. The molecule has 0 radical (unpaired) electrons. The van der Waals surface area contributed by atoms with Crippen molar-refractivity contribution < 1.29 is 24.2 Å². The Morgan fingerprint density at radius 3 is 2.24 bits per heavy atom. The average Bonchev–Trinajstić information content (AvgIpc) is 2.59. The minimum atomic E-state index is -1.07. The van der Waals surface area contributed by atoms with E-state index in [2.05, 4.69) is 5.32 Å². The Morgan fingerprint density at radius 2 is 1.72 bits per heavy atom. The van der Waals surface area contributed by atoms with Gasteiger partial charge in [-0.3, -0.25) is 9.59 Å². The number of carboxylic acids is 1. The van der Waals surface area contributed by atoms with Gasteiger partial charge in [0, 0.05) is 36.5 Å². The topological polar surface area (TPSA) is 95.9 Å². The second-order valence-electron chi connectivity index (χ2n) is 7.47. The van der Waals surface area contributed by atoms with Gasteiger partial charge in [-0.05, 0) is 38.8 Å². The van der Waals surface area contributed by atoms with Gasteiger partial charge in [0.2, 0.25) is 0 Å². The maximum absolute atomic E-state index is 12.9. The van der Waals surface area contributed by atoms with Gasteiger partial charge in [-0.15, -0.1) is 23.2 Å². The number of benzene rings is 1. The number of rotatable bonds is 10. The molecule has 0 saturated heterocycles. The van der Waals surface area contributed by atoms with Gasteiger partial charge in [-0.25, -0.2) is 4.79 Å². The van der Waals surface area contributed by atoms with E-state index in [-0.39, 0.29) is 30.5 Å². The second kappa shape index (κ2) is 11.9. The van der Waals surface area contributed by atoms with Gasteiger partial charge in [0.1, 0.15) is 5.60 Å². The minimum Gasteiger partial charge on any atom is -0.481 e. The van der Waals surface area contributed by atoms with Crippen molar-refractivity contribution >= 4 is 41.2 Å². The summed E-state index contributed by atoms with van der Waals surface area (Å²) in [6.45, 7) is 5.84. The molecule has 1 atom stereocenters. The SMILES string of the molecule is CC(C)(C)OC(=O)N[C@@H](CC(=O)O)Cc1ccccc1C(=O)N(CCCl)CCCl. The first-order valence-electron chi connectivity index (χ1n) is 9.27. The summed E-state index contributed by atoms with van der Waals surface area (Å²) in [5.41, 5.74) is 0.327. The average molecular weight is 447 g/mol. The summed E-state index contributed by atoms with van der Waals surface area (Å²) in [7, 11) is 0. The number of alkyl carbamates (subject to hydrolysis) is 1. The maximum atomic E-state index is 12.9. The third-order valence-electron chi connectivity index (χ3n) is 3.85. The lowest BCUT2D eigenvalue weighted by molar-refractivity contribution is -0.137. The Balaban J connectivity index is 3.06. The van der Waals surface area contributed by atoms with Gasteiger partial charge in [0.05, 0.1) is 6.42 Å². The molecular weight excluding hydrogens is 419 g/mol. The Morgan fingerprint density at radius 1 is 1.14 bits per heavy atom. The quantitative estimate of drug-likeness (QED) is 0.535. The molecule has 0 aliphatic rings. The molecule has 7 nitrogen and oxygen atoms in total. The van der Waals surface area contributed by atoms with E-state index < -0.39 is 23.7 Å². The van der Waals surface area contributed by atoms with E-state index in [0.29, 0.717) is 24.2 Å². The van der Waals surface area contributed by atoms with Crippen molar-refractivity contribution in [2.24, 2.45) is 0 Å². The molecule has 1 aromatic carbocycles. The lowest BCUT2D eigenvalue weighted by Crippen LogP contribution is -2.42. The lowest BCUT2D eigenvalue weighted by Gasteiger charge is -2.25. The van der Waals surface area contributed by atoms with E-state index in [9.17, 15) is 19.5 Å². The number of carbonyl (C=O) groups excluding carboxylic acids is 2. The number of nitrogens with zero attached hydrogens (tertiary/aromatic N) is 1. The Bertz CT molecular complexity index is 700. The molecule has 0 fully saturated rings. The molecule has 0 heterocycles. The summed E-state index contributed by atoms with van der Waals surface area (Å²) in [6.07, 6.45) is -0.865. The van der Waals surface area contributed by atoms with Gasteiger partial charge in [0.25, 0.3) is 5.91 Å². The maximum Gasteiger partial charge on any atom is 0.407 e. The van der Waals surface area contributed by atoms with E-state index >= 15 is 0 Å². The fraction of sp³-hybridized carbons (Fsp3) is 0.550. The Hall–Kier alpha value is -1.99. The monoisotopic (exact) mass is 446 g/mol. The molecule has 1 aromatic rings. The molecule has 1 rings (SSSR count). The van der Waals surface area contributed by atoms with Crippen LogP contribution in [0.5, 0.6) is 0 Å². The van der Waals surface area contributed by atoms with Gasteiger partial charge >= 0.3 is 12.1 Å². The van der Waals surface area contributed by atoms with Crippen LogP contribution in [0.1, 0.15) is 43.1 Å². The fourth-order valence-corrected chi connectivity index (χ4v) is 3.13. The number of hydrogen-bond acceptors (Lipinski definition) is 4. The van der Waals surface area contributed by atoms with Crippen LogP contribution in [0.25, 0.3) is 0 Å². The molecule has 0 aromatic heterocycles. The standard InChI is InChI=1S/C20H28Cl2N2O5/c1-20(2,3)29-19(28)23-15(13-17(25)26)12-14-6-4-5-7-16(14)18(27)24(10-8-21)11-9-22/h4-7,15H,8-13H2,1-3H3,(H,23,28)(H,25,26)/t15-/m1/s1. The second-order valence-corrected chi connectivity index (χ2v) is 8.23. The highest BCUT2D eigenvalue weighted by Crippen LogP contribution is 2.16. The van der Waals surface area contributed by atoms with Gasteiger partial charge < -0.3 is 20.1 Å². The molecule has 0 aliphatic heterocycles. The van der Waals surface area contributed by atoms with Crippen LogP contribution in [-0.2, 0) is 16.0 Å². The number of nitrogens with one attached hydrogen (secondary N) is 1. The number of alkyl halides is 2. The predicted molar refractivity (Wildman–Crippen MR) is 113 cm³/mol. The zero-order valence-electron chi connectivity index (χ0n) is 16.9. The third kappa shape index (κ3) is 9.37. The van der Waals surface area contributed by atoms with Crippen LogP contribution in [0.3, 0.4) is 0 Å². The Kier molecular flexibility index (Phi) is 10.3.